The van der Waals surface area contributed by atoms with Crippen molar-refractivity contribution in [3.8, 4) is 5.75 Å². The van der Waals surface area contributed by atoms with E-state index in [0.717, 1.165) is 5.69 Å². The fourth-order valence-electron chi connectivity index (χ4n) is 1.85. The maximum Gasteiger partial charge on any atom is 0.312 e. The van der Waals surface area contributed by atoms with E-state index in [2.05, 4.69) is 0 Å². The third kappa shape index (κ3) is 1.19. The topological polar surface area (TPSA) is 60.8 Å². The number of rotatable bonds is 1. The van der Waals surface area contributed by atoms with Crippen LogP contribution in [0.15, 0.2) is 18.2 Å². The number of fused-ring (bicyclic) bond motifs is 1. The third-order valence-electron chi connectivity index (χ3n) is 2.55. The molecule has 0 saturated heterocycles. The van der Waals surface area contributed by atoms with Crippen molar-refractivity contribution in [2.24, 2.45) is 0 Å². The van der Waals surface area contributed by atoms with Gasteiger partial charge in [0.15, 0.2) is 0 Å². The molecular weight excluding hydrogens is 182 g/mol. The summed E-state index contributed by atoms with van der Waals surface area (Å²) in [6.45, 7) is 0.466. The van der Waals surface area contributed by atoms with E-state index in [1.165, 1.54) is 6.07 Å². The molecule has 2 N–H and O–H groups in total. The Hall–Kier alpha value is -1.71. The molecule has 0 spiro atoms. The number of hydrogen-bond donors (Lipinski definition) is 2. The van der Waals surface area contributed by atoms with E-state index in [1.807, 2.05) is 11.9 Å². The number of phenolic OH excluding ortho intramolecular Hbond substituents is 1. The maximum absolute atomic E-state index is 10.9. The van der Waals surface area contributed by atoms with Gasteiger partial charge in [0.1, 0.15) is 11.7 Å². The largest absolute Gasteiger partial charge is 0.508 e. The number of benzene rings is 1. The summed E-state index contributed by atoms with van der Waals surface area (Å²) in [5.74, 6) is -1.26. The van der Waals surface area contributed by atoms with Crippen molar-refractivity contribution >= 4 is 11.7 Å². The molecule has 1 aromatic rings. The molecule has 1 aliphatic heterocycles. The van der Waals surface area contributed by atoms with Crippen LogP contribution in [0.4, 0.5) is 5.69 Å². The van der Waals surface area contributed by atoms with Crippen molar-refractivity contribution < 1.29 is 15.0 Å². The monoisotopic (exact) mass is 193 g/mol. The number of aromatic hydroxyl groups is 1. The number of aliphatic carboxylic acids is 1. The van der Waals surface area contributed by atoms with Crippen molar-refractivity contribution in [2.45, 2.75) is 5.92 Å². The Balaban J connectivity index is 2.51. The molecule has 14 heavy (non-hydrogen) atoms. The van der Waals surface area contributed by atoms with Crippen LogP contribution in [0, 0.1) is 0 Å². The highest BCUT2D eigenvalue weighted by Crippen LogP contribution is 2.37. The standard InChI is InChI=1S/C10H11NO3/c1-11-5-8(10(13)14)7-4-6(12)2-3-9(7)11/h2-4,8,12H,5H2,1H3,(H,13,14). The number of anilines is 1. The number of likely N-dealkylation sites (N-methyl/N-ethyl adjacent to an activating group) is 1. The SMILES string of the molecule is CN1CC(C(=O)O)c2cc(O)ccc21. The second kappa shape index (κ2) is 2.90. The van der Waals surface area contributed by atoms with Crippen molar-refractivity contribution in [2.75, 3.05) is 18.5 Å². The molecule has 2 rings (SSSR count). The van der Waals surface area contributed by atoms with Crippen molar-refractivity contribution in [3.05, 3.63) is 23.8 Å². The van der Waals surface area contributed by atoms with Gasteiger partial charge in [-0.25, -0.2) is 0 Å². The molecule has 0 radical (unpaired) electrons. The van der Waals surface area contributed by atoms with Crippen LogP contribution in [0.25, 0.3) is 0 Å². The Morgan fingerprint density at radius 3 is 2.93 bits per heavy atom. The Bertz CT molecular complexity index is 389. The predicted molar refractivity (Wildman–Crippen MR) is 51.8 cm³/mol. The van der Waals surface area contributed by atoms with E-state index >= 15 is 0 Å². The minimum absolute atomic E-state index is 0.116. The third-order valence-corrected chi connectivity index (χ3v) is 2.55. The lowest BCUT2D eigenvalue weighted by Gasteiger charge is -2.10. The van der Waals surface area contributed by atoms with Crippen LogP contribution in [-0.2, 0) is 4.79 Å². The highest BCUT2D eigenvalue weighted by Gasteiger charge is 2.31. The molecule has 0 amide bonds. The van der Waals surface area contributed by atoms with Crippen LogP contribution in [0.2, 0.25) is 0 Å². The molecular formula is C10H11NO3. The van der Waals surface area contributed by atoms with Crippen LogP contribution in [-0.4, -0.2) is 29.8 Å². The van der Waals surface area contributed by atoms with E-state index < -0.39 is 11.9 Å². The van der Waals surface area contributed by atoms with Gasteiger partial charge in [-0.2, -0.15) is 0 Å². The first-order valence-electron chi connectivity index (χ1n) is 4.36. The van der Waals surface area contributed by atoms with Crippen LogP contribution in [0.3, 0.4) is 0 Å². The van der Waals surface area contributed by atoms with Gasteiger partial charge in [-0.15, -0.1) is 0 Å². The first kappa shape index (κ1) is 8.87. The van der Waals surface area contributed by atoms with E-state index in [9.17, 15) is 9.90 Å². The van der Waals surface area contributed by atoms with Gasteiger partial charge >= 0.3 is 5.97 Å². The molecule has 0 aromatic heterocycles. The fraction of sp³-hybridized carbons (Fsp3) is 0.300. The first-order valence-corrected chi connectivity index (χ1v) is 4.36. The van der Waals surface area contributed by atoms with E-state index in [1.54, 1.807) is 12.1 Å². The summed E-state index contributed by atoms with van der Waals surface area (Å²) >= 11 is 0. The predicted octanol–water partition coefficient (Wildman–Crippen LogP) is 1.01. The normalized spacial score (nSPS) is 19.5. The Morgan fingerprint density at radius 1 is 1.57 bits per heavy atom. The Morgan fingerprint density at radius 2 is 2.29 bits per heavy atom. The van der Waals surface area contributed by atoms with Gasteiger partial charge in [0.05, 0.1) is 0 Å². The average Bonchev–Trinajstić information content (AvgIpc) is 2.43. The molecule has 4 nitrogen and oxygen atoms in total. The van der Waals surface area contributed by atoms with Gasteiger partial charge in [0.2, 0.25) is 0 Å². The summed E-state index contributed by atoms with van der Waals surface area (Å²) < 4.78 is 0. The van der Waals surface area contributed by atoms with Gasteiger partial charge in [-0.05, 0) is 23.8 Å². The van der Waals surface area contributed by atoms with Gasteiger partial charge in [0, 0.05) is 19.3 Å². The summed E-state index contributed by atoms with van der Waals surface area (Å²) in [6, 6.07) is 4.84. The smallest absolute Gasteiger partial charge is 0.312 e. The number of carboxylic acid groups (broad SMARTS) is 1. The Kier molecular flexibility index (Phi) is 1.84. The van der Waals surface area contributed by atoms with Crippen molar-refractivity contribution in [1.82, 2.24) is 0 Å². The number of carbonyl (C=O) groups is 1. The Labute approximate surface area is 81.4 Å². The second-order valence-corrected chi connectivity index (χ2v) is 3.51. The minimum Gasteiger partial charge on any atom is -0.508 e. The summed E-state index contributed by atoms with van der Waals surface area (Å²) in [7, 11) is 1.85. The molecule has 1 unspecified atom stereocenters. The lowest BCUT2D eigenvalue weighted by atomic mass is 10.0. The summed E-state index contributed by atoms with van der Waals surface area (Å²) in [5, 5.41) is 18.2. The van der Waals surface area contributed by atoms with Gasteiger partial charge in [-0.3, -0.25) is 4.79 Å². The maximum atomic E-state index is 10.9. The average molecular weight is 193 g/mol. The summed E-state index contributed by atoms with van der Waals surface area (Å²) in [6.07, 6.45) is 0. The molecule has 1 atom stereocenters. The van der Waals surface area contributed by atoms with Gasteiger partial charge in [0.25, 0.3) is 0 Å². The van der Waals surface area contributed by atoms with Crippen LogP contribution < -0.4 is 4.90 Å². The molecule has 0 saturated carbocycles. The van der Waals surface area contributed by atoms with Crippen LogP contribution in [0.1, 0.15) is 11.5 Å². The molecule has 0 fully saturated rings. The number of carboxylic acids is 1. The molecule has 1 heterocycles. The molecule has 74 valence electrons. The number of phenols is 1. The number of hydrogen-bond acceptors (Lipinski definition) is 3. The van der Waals surface area contributed by atoms with Crippen molar-refractivity contribution in [3.63, 3.8) is 0 Å². The summed E-state index contributed by atoms with van der Waals surface area (Å²) in [4.78, 5) is 12.8. The summed E-state index contributed by atoms with van der Waals surface area (Å²) in [5.41, 5.74) is 1.58. The second-order valence-electron chi connectivity index (χ2n) is 3.51. The van der Waals surface area contributed by atoms with Crippen LogP contribution >= 0.6 is 0 Å². The van der Waals surface area contributed by atoms with Crippen molar-refractivity contribution in [1.29, 1.82) is 0 Å². The van der Waals surface area contributed by atoms with E-state index in [-0.39, 0.29) is 5.75 Å². The van der Waals surface area contributed by atoms with E-state index in [0.29, 0.717) is 12.1 Å². The lowest BCUT2D eigenvalue weighted by molar-refractivity contribution is -0.138. The molecule has 0 bridgehead atoms. The van der Waals surface area contributed by atoms with Gasteiger partial charge in [-0.1, -0.05) is 0 Å². The zero-order chi connectivity index (χ0) is 10.3. The number of nitrogens with zero attached hydrogens (tertiary/aromatic N) is 1. The zero-order valence-electron chi connectivity index (χ0n) is 7.77. The highest BCUT2D eigenvalue weighted by molar-refractivity contribution is 5.83. The quantitative estimate of drug-likeness (QED) is 0.698. The fourth-order valence-corrected chi connectivity index (χ4v) is 1.85. The van der Waals surface area contributed by atoms with E-state index in [4.69, 9.17) is 5.11 Å². The molecule has 1 aliphatic rings. The molecule has 1 aromatic carbocycles. The lowest BCUT2D eigenvalue weighted by Crippen LogP contribution is -2.19. The van der Waals surface area contributed by atoms with Gasteiger partial charge < -0.3 is 15.1 Å². The highest BCUT2D eigenvalue weighted by atomic mass is 16.4. The molecule has 4 heteroatoms. The first-order chi connectivity index (χ1) is 6.59. The minimum atomic E-state index is -0.846. The van der Waals surface area contributed by atoms with Crippen LogP contribution in [0.5, 0.6) is 5.75 Å². The molecule has 0 aliphatic carbocycles. The zero-order valence-corrected chi connectivity index (χ0v) is 7.77.